The highest BCUT2D eigenvalue weighted by atomic mass is 32.1. The summed E-state index contributed by atoms with van der Waals surface area (Å²) < 4.78 is 81.1. The number of hydrogen-bond donors (Lipinski definition) is 0. The lowest BCUT2D eigenvalue weighted by molar-refractivity contribution is -0.143. The van der Waals surface area contributed by atoms with Crippen LogP contribution in [-0.4, -0.2) is 10.9 Å². The summed E-state index contributed by atoms with van der Waals surface area (Å²) in [5.74, 6) is -1.01. The number of alkyl halides is 6. The summed E-state index contributed by atoms with van der Waals surface area (Å²) in [6, 6.07) is 13.2. The van der Waals surface area contributed by atoms with E-state index in [9.17, 15) is 31.1 Å². The molecule has 35 heavy (non-hydrogen) atoms. The fraction of sp³-hybridized carbons (Fsp3) is 0.200. The molecule has 0 bridgehead atoms. The first-order chi connectivity index (χ1) is 16.3. The van der Waals surface area contributed by atoms with Gasteiger partial charge in [-0.25, -0.2) is 4.98 Å². The summed E-state index contributed by atoms with van der Waals surface area (Å²) in [6.45, 7) is 3.65. The van der Waals surface area contributed by atoms with Crippen molar-refractivity contribution in [3.8, 4) is 0 Å². The van der Waals surface area contributed by atoms with Crippen LogP contribution in [0.15, 0.2) is 60.7 Å². The van der Waals surface area contributed by atoms with E-state index in [-0.39, 0.29) is 17.7 Å². The van der Waals surface area contributed by atoms with Crippen LogP contribution in [0, 0.1) is 13.8 Å². The van der Waals surface area contributed by atoms with Crippen LogP contribution >= 0.6 is 11.3 Å². The molecule has 0 unspecified atom stereocenters. The van der Waals surface area contributed by atoms with E-state index < -0.39 is 35.0 Å². The molecule has 4 aromatic rings. The summed E-state index contributed by atoms with van der Waals surface area (Å²) in [5, 5.41) is 0.175. The van der Waals surface area contributed by atoms with Crippen molar-refractivity contribution in [3.63, 3.8) is 0 Å². The molecule has 0 aliphatic carbocycles. The Bertz CT molecular complexity index is 1360. The standard InChI is InChI=1S/C25H18F6N2OS/c1-14-8-15(2)21-20(9-14)32-23(35-21)33(13-16-6-4-3-5-7-16)22(34)17-10-18(24(26,27)28)12-19(11-17)25(29,30)31/h3-12H,13H2,1-2H3. The molecule has 3 nitrogen and oxygen atoms in total. The largest absolute Gasteiger partial charge is 0.416 e. The van der Waals surface area contributed by atoms with Crippen LogP contribution in [0.5, 0.6) is 0 Å². The highest BCUT2D eigenvalue weighted by Gasteiger charge is 2.38. The molecule has 0 aliphatic rings. The van der Waals surface area contributed by atoms with E-state index in [4.69, 9.17) is 0 Å². The number of aromatic nitrogens is 1. The van der Waals surface area contributed by atoms with Gasteiger partial charge in [0, 0.05) is 5.56 Å². The maximum absolute atomic E-state index is 13.5. The molecule has 182 valence electrons. The second-order valence-electron chi connectivity index (χ2n) is 8.10. The molecule has 1 amide bonds. The maximum Gasteiger partial charge on any atom is 0.416 e. The Balaban J connectivity index is 1.87. The molecule has 0 aliphatic heterocycles. The quantitative estimate of drug-likeness (QED) is 0.264. The number of fused-ring (bicyclic) bond motifs is 1. The Hall–Kier alpha value is -3.40. The highest BCUT2D eigenvalue weighted by molar-refractivity contribution is 7.22. The molecule has 3 aromatic carbocycles. The predicted molar refractivity (Wildman–Crippen MR) is 122 cm³/mol. The van der Waals surface area contributed by atoms with Crippen molar-refractivity contribution in [2.75, 3.05) is 4.90 Å². The van der Waals surface area contributed by atoms with Gasteiger partial charge in [-0.15, -0.1) is 0 Å². The number of halogens is 6. The maximum atomic E-state index is 13.5. The number of aryl methyl sites for hydroxylation is 2. The number of nitrogens with zero attached hydrogens (tertiary/aromatic N) is 2. The number of carbonyl (C=O) groups excluding carboxylic acids is 1. The third-order valence-electron chi connectivity index (χ3n) is 5.30. The number of thiazole rings is 1. The Morgan fingerprint density at radius 3 is 2.06 bits per heavy atom. The van der Waals surface area contributed by atoms with Crippen molar-refractivity contribution in [1.82, 2.24) is 4.98 Å². The molecule has 4 rings (SSSR count). The van der Waals surface area contributed by atoms with Crippen LogP contribution < -0.4 is 4.90 Å². The average molecular weight is 508 g/mol. The zero-order valence-electron chi connectivity index (χ0n) is 18.5. The van der Waals surface area contributed by atoms with Gasteiger partial charge in [-0.3, -0.25) is 9.69 Å². The van der Waals surface area contributed by atoms with E-state index >= 15 is 0 Å². The average Bonchev–Trinajstić information content (AvgIpc) is 3.20. The van der Waals surface area contributed by atoms with Crippen molar-refractivity contribution < 1.29 is 31.1 Å². The zero-order valence-corrected chi connectivity index (χ0v) is 19.3. The van der Waals surface area contributed by atoms with Crippen LogP contribution in [0.25, 0.3) is 10.2 Å². The third-order valence-corrected chi connectivity index (χ3v) is 6.53. The van der Waals surface area contributed by atoms with E-state index in [1.807, 2.05) is 19.9 Å². The number of hydrogen-bond acceptors (Lipinski definition) is 3. The van der Waals surface area contributed by atoms with Crippen molar-refractivity contribution >= 4 is 32.6 Å². The molecule has 0 spiro atoms. The van der Waals surface area contributed by atoms with Gasteiger partial charge in [0.25, 0.3) is 5.91 Å². The van der Waals surface area contributed by atoms with Crippen LogP contribution in [0.3, 0.4) is 0 Å². The Morgan fingerprint density at radius 1 is 0.886 bits per heavy atom. The summed E-state index contributed by atoms with van der Waals surface area (Å²) in [5.41, 5.74) is -0.772. The first kappa shape index (κ1) is 24.7. The van der Waals surface area contributed by atoms with E-state index in [0.29, 0.717) is 23.2 Å². The first-order valence-corrected chi connectivity index (χ1v) is 11.2. The van der Waals surface area contributed by atoms with E-state index in [2.05, 4.69) is 4.98 Å². The number of rotatable bonds is 4. The molecule has 10 heteroatoms. The molecule has 0 saturated heterocycles. The summed E-state index contributed by atoms with van der Waals surface area (Å²) in [7, 11) is 0. The van der Waals surface area contributed by atoms with Gasteiger partial charge in [-0.05, 0) is 54.8 Å². The minimum absolute atomic E-state index is 0.00212. The fourth-order valence-corrected chi connectivity index (χ4v) is 4.72. The zero-order chi connectivity index (χ0) is 25.5. The minimum atomic E-state index is -5.06. The molecule has 1 heterocycles. The monoisotopic (exact) mass is 508 g/mol. The van der Waals surface area contributed by atoms with Crippen molar-refractivity contribution in [2.24, 2.45) is 0 Å². The predicted octanol–water partition coefficient (Wildman–Crippen LogP) is 7.80. The lowest BCUT2D eigenvalue weighted by atomic mass is 10.0. The molecule has 0 N–H and O–H groups in total. The summed E-state index contributed by atoms with van der Waals surface area (Å²) >= 11 is 1.15. The fourth-order valence-electron chi connectivity index (χ4n) is 3.71. The summed E-state index contributed by atoms with van der Waals surface area (Å²) in [4.78, 5) is 19.1. The van der Waals surface area contributed by atoms with E-state index in [1.54, 1.807) is 36.4 Å². The number of carbonyl (C=O) groups is 1. The van der Waals surface area contributed by atoms with Gasteiger partial charge in [0.15, 0.2) is 5.13 Å². The Labute approximate surface area is 200 Å². The van der Waals surface area contributed by atoms with Gasteiger partial charge in [-0.2, -0.15) is 26.3 Å². The second-order valence-corrected chi connectivity index (χ2v) is 9.08. The number of anilines is 1. The van der Waals surface area contributed by atoms with Crippen LogP contribution in [0.4, 0.5) is 31.5 Å². The number of amides is 1. The molecule has 0 fully saturated rings. The lowest BCUT2D eigenvalue weighted by Crippen LogP contribution is -2.31. The topological polar surface area (TPSA) is 33.2 Å². The van der Waals surface area contributed by atoms with E-state index in [1.165, 1.54) is 0 Å². The summed E-state index contributed by atoms with van der Waals surface area (Å²) in [6.07, 6.45) is -10.1. The Morgan fingerprint density at radius 2 is 1.49 bits per heavy atom. The van der Waals surface area contributed by atoms with Gasteiger partial charge in [0.05, 0.1) is 27.9 Å². The molecule has 0 saturated carbocycles. The molecule has 0 atom stereocenters. The van der Waals surface area contributed by atoms with Crippen molar-refractivity contribution in [3.05, 3.63) is 94.0 Å². The van der Waals surface area contributed by atoms with Gasteiger partial charge < -0.3 is 0 Å². The lowest BCUT2D eigenvalue weighted by Gasteiger charge is -2.21. The SMILES string of the molecule is Cc1cc(C)c2sc(N(Cc3ccccc3)C(=O)c3cc(C(F)(F)F)cc(C(F)(F)F)c3)nc2c1. The molecule has 1 aromatic heterocycles. The van der Waals surface area contributed by atoms with Crippen molar-refractivity contribution in [1.29, 1.82) is 0 Å². The highest BCUT2D eigenvalue weighted by Crippen LogP contribution is 2.38. The van der Waals surface area contributed by atoms with E-state index in [0.717, 1.165) is 32.1 Å². The molecular formula is C25H18F6N2OS. The third kappa shape index (κ3) is 5.32. The van der Waals surface area contributed by atoms with Gasteiger partial charge in [0.1, 0.15) is 0 Å². The van der Waals surface area contributed by atoms with Crippen LogP contribution in [0.1, 0.15) is 38.2 Å². The normalized spacial score (nSPS) is 12.2. The smallest absolute Gasteiger partial charge is 0.279 e. The Kier molecular flexibility index (Phi) is 6.35. The molecular weight excluding hydrogens is 490 g/mol. The number of benzene rings is 3. The van der Waals surface area contributed by atoms with Gasteiger partial charge in [0.2, 0.25) is 0 Å². The minimum Gasteiger partial charge on any atom is -0.279 e. The van der Waals surface area contributed by atoms with Gasteiger partial charge in [-0.1, -0.05) is 47.7 Å². The second kappa shape index (κ2) is 8.99. The molecule has 0 radical (unpaired) electrons. The van der Waals surface area contributed by atoms with Gasteiger partial charge >= 0.3 is 12.4 Å². The van der Waals surface area contributed by atoms with Crippen molar-refractivity contribution in [2.45, 2.75) is 32.7 Å². The van der Waals surface area contributed by atoms with Crippen LogP contribution in [-0.2, 0) is 18.9 Å². The van der Waals surface area contributed by atoms with Crippen LogP contribution in [0.2, 0.25) is 0 Å². The first-order valence-electron chi connectivity index (χ1n) is 10.4.